The zero-order chi connectivity index (χ0) is 12.8. The molecule has 0 fully saturated rings. The number of methoxy groups -OCH3 is 1. The number of ether oxygens (including phenoxy) is 1. The molecule has 0 aromatic carbocycles. The van der Waals surface area contributed by atoms with Crippen LogP contribution in [0.2, 0.25) is 0 Å². The normalized spacial score (nSPS) is 15.2. The van der Waals surface area contributed by atoms with Gasteiger partial charge in [-0.05, 0) is 18.8 Å². The van der Waals surface area contributed by atoms with E-state index in [1.165, 1.54) is 0 Å². The average molecular weight is 241 g/mol. The van der Waals surface area contributed by atoms with Gasteiger partial charge in [0.25, 0.3) is 0 Å². The lowest BCUT2D eigenvalue weighted by Crippen LogP contribution is -2.13. The molecule has 0 aliphatic rings. The van der Waals surface area contributed by atoms with Crippen LogP contribution < -0.4 is 5.73 Å². The fourth-order valence-corrected chi connectivity index (χ4v) is 1.75. The third-order valence-corrected chi connectivity index (χ3v) is 2.62. The summed E-state index contributed by atoms with van der Waals surface area (Å²) in [5, 5.41) is 3.94. The fraction of sp³-hybridized carbons (Fsp3) is 0.833. The van der Waals surface area contributed by atoms with E-state index in [1.807, 2.05) is 0 Å². The van der Waals surface area contributed by atoms with Gasteiger partial charge in [-0.2, -0.15) is 4.98 Å². The first-order valence-corrected chi connectivity index (χ1v) is 6.20. The molecule has 0 aliphatic carbocycles. The van der Waals surface area contributed by atoms with Gasteiger partial charge >= 0.3 is 0 Å². The molecule has 0 radical (unpaired) electrons. The molecule has 0 aliphatic heterocycles. The van der Waals surface area contributed by atoms with Crippen LogP contribution in [0.25, 0.3) is 0 Å². The summed E-state index contributed by atoms with van der Waals surface area (Å²) in [6.45, 7) is 6.33. The van der Waals surface area contributed by atoms with Gasteiger partial charge in [0.05, 0.1) is 6.04 Å². The molecule has 0 spiro atoms. The van der Waals surface area contributed by atoms with E-state index in [0.29, 0.717) is 17.6 Å². The second-order valence-corrected chi connectivity index (χ2v) is 4.74. The summed E-state index contributed by atoms with van der Waals surface area (Å²) < 4.78 is 10.5. The van der Waals surface area contributed by atoms with Crippen LogP contribution in [0.3, 0.4) is 0 Å². The van der Waals surface area contributed by atoms with Crippen molar-refractivity contribution in [3.63, 3.8) is 0 Å². The molecule has 2 unspecified atom stereocenters. The van der Waals surface area contributed by atoms with Gasteiger partial charge in [-0.3, -0.25) is 0 Å². The Labute approximate surface area is 103 Å². The van der Waals surface area contributed by atoms with Gasteiger partial charge in [0.1, 0.15) is 6.10 Å². The van der Waals surface area contributed by atoms with Crippen molar-refractivity contribution in [3.05, 3.63) is 11.7 Å². The maximum Gasteiger partial charge on any atom is 0.243 e. The standard InChI is InChI=1S/C12H23N3O2/c1-5-6-10(16-4)11-14-12(17-15-11)9(13)7-8(2)3/h8-10H,5-7,13H2,1-4H3. The highest BCUT2D eigenvalue weighted by atomic mass is 16.5. The molecule has 1 aromatic rings. The highest BCUT2D eigenvalue weighted by Gasteiger charge is 2.20. The monoisotopic (exact) mass is 241 g/mol. The Morgan fingerprint density at radius 2 is 2.12 bits per heavy atom. The van der Waals surface area contributed by atoms with Gasteiger partial charge in [0.15, 0.2) is 0 Å². The van der Waals surface area contributed by atoms with E-state index in [0.717, 1.165) is 19.3 Å². The van der Waals surface area contributed by atoms with E-state index < -0.39 is 0 Å². The van der Waals surface area contributed by atoms with Crippen molar-refractivity contribution >= 4 is 0 Å². The number of hydrogen-bond donors (Lipinski definition) is 1. The average Bonchev–Trinajstić information content (AvgIpc) is 2.74. The Balaban J connectivity index is 2.69. The molecule has 2 atom stereocenters. The lowest BCUT2D eigenvalue weighted by atomic mass is 10.0. The minimum atomic E-state index is -0.185. The summed E-state index contributed by atoms with van der Waals surface area (Å²) in [7, 11) is 1.66. The molecule has 0 amide bonds. The molecule has 1 rings (SSSR count). The second kappa shape index (κ2) is 6.71. The second-order valence-electron chi connectivity index (χ2n) is 4.74. The smallest absolute Gasteiger partial charge is 0.243 e. The van der Waals surface area contributed by atoms with Crippen LogP contribution in [-0.4, -0.2) is 17.3 Å². The molecule has 5 heteroatoms. The van der Waals surface area contributed by atoms with Gasteiger partial charge in [0.2, 0.25) is 11.7 Å². The summed E-state index contributed by atoms with van der Waals surface area (Å²) in [6, 6.07) is -0.185. The van der Waals surface area contributed by atoms with Crippen molar-refractivity contribution in [1.29, 1.82) is 0 Å². The first-order chi connectivity index (χ1) is 8.08. The van der Waals surface area contributed by atoms with Crippen molar-refractivity contribution < 1.29 is 9.26 Å². The van der Waals surface area contributed by atoms with E-state index in [-0.39, 0.29) is 12.1 Å². The summed E-state index contributed by atoms with van der Waals surface area (Å²) >= 11 is 0. The molecule has 0 saturated heterocycles. The van der Waals surface area contributed by atoms with E-state index >= 15 is 0 Å². The zero-order valence-electron chi connectivity index (χ0n) is 11.1. The third-order valence-electron chi connectivity index (χ3n) is 2.62. The van der Waals surface area contributed by atoms with Crippen molar-refractivity contribution in [1.82, 2.24) is 10.1 Å². The third kappa shape index (κ3) is 4.09. The summed E-state index contributed by atoms with van der Waals surface area (Å²) in [6.07, 6.45) is 2.64. The maximum absolute atomic E-state index is 5.99. The number of aromatic nitrogens is 2. The molecule has 17 heavy (non-hydrogen) atoms. The number of rotatable bonds is 7. The molecule has 5 nitrogen and oxygen atoms in total. The first kappa shape index (κ1) is 14.1. The molecule has 1 heterocycles. The van der Waals surface area contributed by atoms with Crippen LogP contribution in [0.15, 0.2) is 4.52 Å². The van der Waals surface area contributed by atoms with Gasteiger partial charge < -0.3 is 15.0 Å². The van der Waals surface area contributed by atoms with Crippen molar-refractivity contribution in [2.75, 3.05) is 7.11 Å². The summed E-state index contributed by atoms with van der Waals surface area (Å²) in [4.78, 5) is 4.33. The minimum absolute atomic E-state index is 0.0938. The van der Waals surface area contributed by atoms with Crippen molar-refractivity contribution in [2.24, 2.45) is 11.7 Å². The largest absolute Gasteiger partial charge is 0.373 e. The molecular weight excluding hydrogens is 218 g/mol. The molecule has 1 aromatic heterocycles. The van der Waals surface area contributed by atoms with Crippen LogP contribution in [0, 0.1) is 5.92 Å². The highest BCUT2D eigenvalue weighted by molar-refractivity contribution is 4.95. The molecule has 98 valence electrons. The Morgan fingerprint density at radius 3 is 2.65 bits per heavy atom. The Hall–Kier alpha value is -0.940. The van der Waals surface area contributed by atoms with E-state index in [1.54, 1.807) is 7.11 Å². The van der Waals surface area contributed by atoms with Crippen LogP contribution in [-0.2, 0) is 4.74 Å². The lowest BCUT2D eigenvalue weighted by molar-refractivity contribution is 0.0854. The van der Waals surface area contributed by atoms with Gasteiger partial charge in [0, 0.05) is 7.11 Å². The number of nitrogens with zero attached hydrogens (tertiary/aromatic N) is 2. The molecule has 0 bridgehead atoms. The Bertz CT molecular complexity index is 325. The molecule has 0 saturated carbocycles. The van der Waals surface area contributed by atoms with Crippen LogP contribution in [0.1, 0.15) is 63.9 Å². The highest BCUT2D eigenvalue weighted by Crippen LogP contribution is 2.22. The summed E-state index contributed by atoms with van der Waals surface area (Å²) in [5.74, 6) is 1.62. The predicted octanol–water partition coefficient (Wildman–Crippen LogP) is 2.60. The van der Waals surface area contributed by atoms with Gasteiger partial charge in [-0.15, -0.1) is 0 Å². The van der Waals surface area contributed by atoms with Gasteiger partial charge in [-0.1, -0.05) is 32.3 Å². The number of nitrogens with two attached hydrogens (primary N) is 1. The Kier molecular flexibility index (Phi) is 5.58. The fourth-order valence-electron chi connectivity index (χ4n) is 1.75. The van der Waals surface area contributed by atoms with Crippen molar-refractivity contribution in [3.8, 4) is 0 Å². The van der Waals surface area contributed by atoms with Crippen molar-refractivity contribution in [2.45, 2.75) is 52.2 Å². The molecule has 2 N–H and O–H groups in total. The maximum atomic E-state index is 5.99. The quantitative estimate of drug-likeness (QED) is 0.794. The zero-order valence-corrected chi connectivity index (χ0v) is 11.1. The van der Waals surface area contributed by atoms with E-state index in [4.69, 9.17) is 15.0 Å². The molecular formula is C12H23N3O2. The van der Waals surface area contributed by atoms with Crippen LogP contribution in [0.4, 0.5) is 0 Å². The summed E-state index contributed by atoms with van der Waals surface area (Å²) in [5.41, 5.74) is 5.99. The topological polar surface area (TPSA) is 74.2 Å². The van der Waals surface area contributed by atoms with E-state index in [9.17, 15) is 0 Å². The number of hydrogen-bond acceptors (Lipinski definition) is 5. The van der Waals surface area contributed by atoms with E-state index in [2.05, 4.69) is 30.9 Å². The van der Waals surface area contributed by atoms with Crippen LogP contribution >= 0.6 is 0 Å². The first-order valence-electron chi connectivity index (χ1n) is 6.20. The minimum Gasteiger partial charge on any atom is -0.373 e. The lowest BCUT2D eigenvalue weighted by Gasteiger charge is -2.10. The van der Waals surface area contributed by atoms with Gasteiger partial charge in [-0.25, -0.2) is 0 Å². The SMILES string of the molecule is CCCC(OC)c1noc(C(N)CC(C)C)n1. The Morgan fingerprint density at radius 1 is 1.41 bits per heavy atom. The predicted molar refractivity (Wildman–Crippen MR) is 65.3 cm³/mol. The van der Waals surface area contributed by atoms with Crippen LogP contribution in [0.5, 0.6) is 0 Å².